The molecule has 1 N–H and O–H groups in total. The second-order valence-corrected chi connectivity index (χ2v) is 5.64. The first kappa shape index (κ1) is 13.9. The lowest BCUT2D eigenvalue weighted by Gasteiger charge is -2.39. The number of aliphatic hydroxyl groups is 1. The summed E-state index contributed by atoms with van der Waals surface area (Å²) >= 11 is 0. The van der Waals surface area contributed by atoms with Gasteiger partial charge in [0.15, 0.2) is 0 Å². The van der Waals surface area contributed by atoms with Crippen LogP contribution in [0.2, 0.25) is 0 Å². The molecule has 2 nitrogen and oxygen atoms in total. The van der Waals surface area contributed by atoms with Crippen molar-refractivity contribution in [3.8, 4) is 0 Å². The maximum Gasteiger partial charge on any atom is 0.0526 e. The van der Waals surface area contributed by atoms with Crippen molar-refractivity contribution in [3.05, 3.63) is 0 Å². The predicted octanol–water partition coefficient (Wildman–Crippen LogP) is 2.51. The Bertz CT molecular complexity index is 160. The van der Waals surface area contributed by atoms with E-state index in [9.17, 15) is 5.11 Å². The zero-order chi connectivity index (χ0) is 11.5. The number of hydrogen-bond acceptors (Lipinski definition) is 2. The summed E-state index contributed by atoms with van der Waals surface area (Å²) in [6, 6.07) is 0.959. The highest BCUT2D eigenvalue weighted by Crippen LogP contribution is 2.25. The summed E-state index contributed by atoms with van der Waals surface area (Å²) < 4.78 is 0. The molecule has 0 aromatic rings. The molecule has 2 heteroatoms. The van der Waals surface area contributed by atoms with E-state index < -0.39 is 0 Å². The van der Waals surface area contributed by atoms with Gasteiger partial charge in [0.25, 0.3) is 0 Å². The van der Waals surface area contributed by atoms with Gasteiger partial charge >= 0.3 is 0 Å². The van der Waals surface area contributed by atoms with Gasteiger partial charge in [0.05, 0.1) is 6.10 Å². The molecule has 86 valence electrons. The van der Waals surface area contributed by atoms with Gasteiger partial charge in [-0.25, -0.2) is 0 Å². The van der Waals surface area contributed by atoms with Crippen molar-refractivity contribution in [1.29, 1.82) is 0 Å². The Hall–Kier alpha value is -0.0800. The van der Waals surface area contributed by atoms with Crippen LogP contribution in [0.3, 0.4) is 0 Å². The topological polar surface area (TPSA) is 23.5 Å². The molecule has 3 unspecified atom stereocenters. The zero-order valence-corrected chi connectivity index (χ0v) is 10.8. The molecule has 3 atom stereocenters. The van der Waals surface area contributed by atoms with Crippen molar-refractivity contribution >= 4 is 0 Å². The van der Waals surface area contributed by atoms with Crippen molar-refractivity contribution in [2.24, 2.45) is 5.41 Å². The molecule has 14 heavy (non-hydrogen) atoms. The van der Waals surface area contributed by atoms with Crippen molar-refractivity contribution in [3.63, 3.8) is 0 Å². The van der Waals surface area contributed by atoms with Crippen LogP contribution in [-0.2, 0) is 0 Å². The smallest absolute Gasteiger partial charge is 0.0526 e. The fourth-order valence-electron chi connectivity index (χ4n) is 1.65. The fraction of sp³-hybridized carbons (Fsp3) is 1.00. The van der Waals surface area contributed by atoms with E-state index >= 15 is 0 Å². The quantitative estimate of drug-likeness (QED) is 0.755. The minimum absolute atomic E-state index is 0.209. The minimum atomic E-state index is -0.209. The summed E-state index contributed by atoms with van der Waals surface area (Å²) in [4.78, 5) is 2.35. The van der Waals surface area contributed by atoms with Gasteiger partial charge in [0, 0.05) is 12.1 Å². The third-order valence-corrected chi connectivity index (χ3v) is 3.24. The minimum Gasteiger partial charge on any atom is -0.393 e. The highest BCUT2D eigenvalue weighted by molar-refractivity contribution is 4.80. The molecule has 0 bridgehead atoms. The molecule has 0 saturated carbocycles. The fourth-order valence-corrected chi connectivity index (χ4v) is 1.65. The maximum absolute atomic E-state index is 9.33. The van der Waals surface area contributed by atoms with Crippen LogP contribution in [0.1, 0.15) is 48.0 Å². The summed E-state index contributed by atoms with van der Waals surface area (Å²) in [6.07, 6.45) is 0.635. The molecule has 0 amide bonds. The van der Waals surface area contributed by atoms with Crippen molar-refractivity contribution in [1.82, 2.24) is 4.90 Å². The third kappa shape index (κ3) is 4.43. The lowest BCUT2D eigenvalue weighted by Crippen LogP contribution is -2.45. The van der Waals surface area contributed by atoms with E-state index in [2.05, 4.69) is 46.6 Å². The Morgan fingerprint density at radius 2 is 1.57 bits per heavy atom. The van der Waals surface area contributed by atoms with Crippen molar-refractivity contribution < 1.29 is 5.11 Å². The van der Waals surface area contributed by atoms with Gasteiger partial charge in [0.2, 0.25) is 0 Å². The van der Waals surface area contributed by atoms with Crippen LogP contribution in [0, 0.1) is 5.41 Å². The second kappa shape index (κ2) is 5.13. The summed E-state index contributed by atoms with van der Waals surface area (Å²) in [5.74, 6) is 0. The van der Waals surface area contributed by atoms with Crippen LogP contribution in [-0.4, -0.2) is 35.2 Å². The molecule has 0 rings (SSSR count). The first-order chi connectivity index (χ1) is 6.16. The van der Waals surface area contributed by atoms with E-state index in [4.69, 9.17) is 0 Å². The van der Waals surface area contributed by atoms with Crippen LogP contribution < -0.4 is 0 Å². The average molecular weight is 201 g/mol. The Morgan fingerprint density at radius 1 is 1.14 bits per heavy atom. The second-order valence-electron chi connectivity index (χ2n) is 5.64. The first-order valence-electron chi connectivity index (χ1n) is 5.56. The average Bonchev–Trinajstić information content (AvgIpc) is 1.98. The molecule has 0 aliphatic rings. The van der Waals surface area contributed by atoms with Crippen LogP contribution >= 0.6 is 0 Å². The normalized spacial score (nSPS) is 19.5. The highest BCUT2D eigenvalue weighted by atomic mass is 16.3. The summed E-state index contributed by atoms with van der Waals surface area (Å²) in [5, 5.41) is 9.33. The Balaban J connectivity index is 4.24. The van der Waals surface area contributed by atoms with Crippen molar-refractivity contribution in [2.45, 2.75) is 66.2 Å². The molecule has 0 aliphatic heterocycles. The molecule has 0 aromatic heterocycles. The lowest BCUT2D eigenvalue weighted by atomic mass is 9.86. The van der Waals surface area contributed by atoms with Crippen LogP contribution in [0.15, 0.2) is 0 Å². The molecule has 0 radical (unpaired) electrons. The summed E-state index contributed by atoms with van der Waals surface area (Å²) in [5.41, 5.74) is 0.293. The van der Waals surface area contributed by atoms with Gasteiger partial charge in [0.1, 0.15) is 0 Å². The van der Waals surface area contributed by atoms with E-state index in [1.165, 1.54) is 0 Å². The van der Waals surface area contributed by atoms with E-state index in [-0.39, 0.29) is 6.10 Å². The maximum atomic E-state index is 9.33. The molecular weight excluding hydrogens is 174 g/mol. The number of hydrogen-bond donors (Lipinski definition) is 1. The zero-order valence-electron chi connectivity index (χ0n) is 10.8. The van der Waals surface area contributed by atoms with E-state index in [0.717, 1.165) is 6.42 Å². The molecule has 0 heterocycles. The van der Waals surface area contributed by atoms with Crippen LogP contribution in [0.4, 0.5) is 0 Å². The molecule has 0 aromatic carbocycles. The molecule has 0 spiro atoms. The lowest BCUT2D eigenvalue weighted by molar-refractivity contribution is 0.0715. The predicted molar refractivity (Wildman–Crippen MR) is 62.4 cm³/mol. The Kier molecular flexibility index (Phi) is 5.10. The standard InChI is InChI=1S/C12H27NO/c1-9(8-10(2)14)13(7)11(3)12(4,5)6/h9-11,14H,8H2,1-7H3. The van der Waals surface area contributed by atoms with Gasteiger partial charge < -0.3 is 10.0 Å². The van der Waals surface area contributed by atoms with Crippen molar-refractivity contribution in [2.75, 3.05) is 7.05 Å². The molecule has 0 fully saturated rings. The number of nitrogens with zero attached hydrogens (tertiary/aromatic N) is 1. The summed E-state index contributed by atoms with van der Waals surface area (Å²) in [7, 11) is 2.14. The highest BCUT2D eigenvalue weighted by Gasteiger charge is 2.26. The molecule has 0 aliphatic carbocycles. The van der Waals surface area contributed by atoms with Crippen LogP contribution in [0.25, 0.3) is 0 Å². The monoisotopic (exact) mass is 201 g/mol. The summed E-state index contributed by atoms with van der Waals surface area (Å²) in [6.45, 7) is 13.0. The third-order valence-electron chi connectivity index (χ3n) is 3.24. The van der Waals surface area contributed by atoms with E-state index in [1.54, 1.807) is 0 Å². The number of rotatable bonds is 4. The van der Waals surface area contributed by atoms with Gasteiger partial charge in [-0.1, -0.05) is 20.8 Å². The Morgan fingerprint density at radius 3 is 1.86 bits per heavy atom. The first-order valence-corrected chi connectivity index (χ1v) is 5.56. The van der Waals surface area contributed by atoms with Gasteiger partial charge in [-0.2, -0.15) is 0 Å². The largest absolute Gasteiger partial charge is 0.393 e. The Labute approximate surface area is 89.3 Å². The van der Waals surface area contributed by atoms with Gasteiger partial charge in [-0.05, 0) is 39.7 Å². The van der Waals surface area contributed by atoms with Crippen LogP contribution in [0.5, 0.6) is 0 Å². The van der Waals surface area contributed by atoms with Gasteiger partial charge in [-0.15, -0.1) is 0 Å². The van der Waals surface area contributed by atoms with E-state index in [0.29, 0.717) is 17.5 Å². The van der Waals surface area contributed by atoms with E-state index in [1.807, 2.05) is 6.92 Å². The number of aliphatic hydroxyl groups excluding tert-OH is 1. The van der Waals surface area contributed by atoms with Gasteiger partial charge in [-0.3, -0.25) is 0 Å². The molecule has 0 saturated heterocycles. The molecular formula is C12H27NO. The SMILES string of the molecule is CC(O)CC(C)N(C)C(C)C(C)(C)C.